The summed E-state index contributed by atoms with van der Waals surface area (Å²) in [7, 11) is 4.08. The Morgan fingerprint density at radius 1 is 1.41 bits per heavy atom. The van der Waals surface area contributed by atoms with E-state index in [4.69, 9.17) is 23.2 Å². The van der Waals surface area contributed by atoms with E-state index in [1.807, 2.05) is 11.9 Å². The van der Waals surface area contributed by atoms with Crippen molar-refractivity contribution in [1.82, 2.24) is 20.1 Å². The first-order valence-corrected chi connectivity index (χ1v) is 6.30. The van der Waals surface area contributed by atoms with Gasteiger partial charge in [-0.25, -0.2) is 0 Å². The summed E-state index contributed by atoms with van der Waals surface area (Å²) in [5, 5.41) is 7.77. The third kappa shape index (κ3) is 2.97. The maximum atomic E-state index is 5.96. The quantitative estimate of drug-likeness (QED) is 0.841. The molecule has 5 nitrogen and oxygen atoms in total. The molecule has 0 spiro atoms. The lowest BCUT2D eigenvalue weighted by Crippen LogP contribution is -2.37. The van der Waals surface area contributed by atoms with Crippen molar-refractivity contribution in [2.75, 3.05) is 32.1 Å². The van der Waals surface area contributed by atoms with Gasteiger partial charge in [-0.2, -0.15) is 4.98 Å². The highest BCUT2D eigenvalue weighted by Gasteiger charge is 2.23. The largest absolute Gasteiger partial charge is 0.355 e. The molecule has 1 atom stereocenters. The SMILES string of the molecule is CN(CC1CCCN1C)c1nc(Cl)nnc1Cl. The number of likely N-dealkylation sites (N-methyl/N-ethyl adjacent to an activating group) is 2. The second-order valence-corrected chi connectivity index (χ2v) is 5.05. The summed E-state index contributed by atoms with van der Waals surface area (Å²) in [5.74, 6) is 0.590. The van der Waals surface area contributed by atoms with Crippen LogP contribution in [0.4, 0.5) is 5.82 Å². The maximum absolute atomic E-state index is 5.96. The second kappa shape index (κ2) is 5.33. The van der Waals surface area contributed by atoms with Crippen LogP contribution in [0, 0.1) is 0 Å². The Bertz CT molecular complexity index is 400. The predicted octanol–water partition coefficient (Wildman–Crippen LogP) is 1.71. The van der Waals surface area contributed by atoms with Crippen molar-refractivity contribution in [2.45, 2.75) is 18.9 Å². The van der Waals surface area contributed by atoms with Crippen LogP contribution >= 0.6 is 23.2 Å². The van der Waals surface area contributed by atoms with Crippen molar-refractivity contribution in [2.24, 2.45) is 0 Å². The molecule has 0 saturated carbocycles. The van der Waals surface area contributed by atoms with Crippen LogP contribution in [0.1, 0.15) is 12.8 Å². The molecular formula is C10H15Cl2N5. The number of likely N-dealkylation sites (tertiary alicyclic amines) is 1. The highest BCUT2D eigenvalue weighted by Crippen LogP contribution is 2.23. The fraction of sp³-hybridized carbons (Fsp3) is 0.700. The van der Waals surface area contributed by atoms with Gasteiger partial charge in [0.2, 0.25) is 5.28 Å². The van der Waals surface area contributed by atoms with Crippen molar-refractivity contribution in [3.8, 4) is 0 Å². The average Bonchev–Trinajstić information content (AvgIpc) is 2.68. The van der Waals surface area contributed by atoms with Crippen molar-refractivity contribution >= 4 is 29.0 Å². The molecule has 0 aliphatic carbocycles. The first kappa shape index (κ1) is 12.8. The smallest absolute Gasteiger partial charge is 0.245 e. The molecule has 1 aliphatic rings. The first-order valence-electron chi connectivity index (χ1n) is 5.55. The molecular weight excluding hydrogens is 261 g/mol. The van der Waals surface area contributed by atoms with Crippen LogP contribution in [0.2, 0.25) is 10.4 Å². The monoisotopic (exact) mass is 275 g/mol. The summed E-state index contributed by atoms with van der Waals surface area (Å²) in [4.78, 5) is 8.44. The summed E-state index contributed by atoms with van der Waals surface area (Å²) in [5.41, 5.74) is 0. The van der Waals surface area contributed by atoms with Gasteiger partial charge < -0.3 is 9.80 Å². The fourth-order valence-corrected chi connectivity index (χ4v) is 2.48. The van der Waals surface area contributed by atoms with Gasteiger partial charge in [0.25, 0.3) is 0 Å². The number of halogens is 2. The van der Waals surface area contributed by atoms with Gasteiger partial charge in [0.1, 0.15) is 0 Å². The molecule has 0 radical (unpaired) electrons. The first-order chi connectivity index (χ1) is 8.08. The van der Waals surface area contributed by atoms with Crippen LogP contribution in [0.15, 0.2) is 0 Å². The second-order valence-electron chi connectivity index (χ2n) is 4.35. The zero-order chi connectivity index (χ0) is 12.4. The summed E-state index contributed by atoms with van der Waals surface area (Å²) < 4.78 is 0. The van der Waals surface area contributed by atoms with Crippen molar-refractivity contribution in [1.29, 1.82) is 0 Å². The molecule has 1 saturated heterocycles. The highest BCUT2D eigenvalue weighted by molar-refractivity contribution is 6.32. The number of aromatic nitrogens is 3. The minimum atomic E-state index is 0.121. The lowest BCUT2D eigenvalue weighted by atomic mass is 10.2. The van der Waals surface area contributed by atoms with Crippen LogP contribution in [0.25, 0.3) is 0 Å². The lowest BCUT2D eigenvalue weighted by Gasteiger charge is -2.26. The highest BCUT2D eigenvalue weighted by atomic mass is 35.5. The predicted molar refractivity (Wildman–Crippen MR) is 68.8 cm³/mol. The molecule has 0 aromatic carbocycles. The van der Waals surface area contributed by atoms with Crippen LogP contribution in [0.3, 0.4) is 0 Å². The Labute approximate surface area is 111 Å². The van der Waals surface area contributed by atoms with Crippen molar-refractivity contribution < 1.29 is 0 Å². The van der Waals surface area contributed by atoms with E-state index in [2.05, 4.69) is 27.1 Å². The number of hydrogen-bond acceptors (Lipinski definition) is 5. The number of anilines is 1. The third-order valence-corrected chi connectivity index (χ3v) is 3.53. The Balaban J connectivity index is 2.08. The van der Waals surface area contributed by atoms with Crippen LogP contribution in [-0.2, 0) is 0 Å². The topological polar surface area (TPSA) is 45.2 Å². The van der Waals surface area contributed by atoms with Gasteiger partial charge >= 0.3 is 0 Å². The summed E-state index contributed by atoms with van der Waals surface area (Å²) in [6.45, 7) is 2.01. The van der Waals surface area contributed by atoms with Crippen molar-refractivity contribution in [3.63, 3.8) is 0 Å². The Morgan fingerprint density at radius 2 is 2.18 bits per heavy atom. The van der Waals surface area contributed by atoms with Crippen molar-refractivity contribution in [3.05, 3.63) is 10.4 Å². The zero-order valence-electron chi connectivity index (χ0n) is 9.90. The molecule has 0 bridgehead atoms. The molecule has 0 N–H and O–H groups in total. The van der Waals surface area contributed by atoms with Crippen LogP contribution in [-0.4, -0.2) is 53.3 Å². The van der Waals surface area contributed by atoms with Gasteiger partial charge in [-0.05, 0) is 38.0 Å². The van der Waals surface area contributed by atoms with E-state index in [0.29, 0.717) is 11.9 Å². The average molecular weight is 276 g/mol. The van der Waals surface area contributed by atoms with E-state index < -0.39 is 0 Å². The standard InChI is InChI=1S/C10H15Cl2N5/c1-16-5-3-4-7(16)6-17(2)9-8(11)14-15-10(12)13-9/h7H,3-6H2,1-2H3. The van der Waals surface area contributed by atoms with E-state index in [9.17, 15) is 0 Å². The van der Waals surface area contributed by atoms with E-state index >= 15 is 0 Å². The van der Waals surface area contributed by atoms with E-state index in [1.165, 1.54) is 12.8 Å². The van der Waals surface area contributed by atoms with Gasteiger partial charge in [0, 0.05) is 19.6 Å². The maximum Gasteiger partial charge on any atom is 0.245 e. The van der Waals surface area contributed by atoms with Crippen LogP contribution < -0.4 is 4.90 Å². The van der Waals surface area contributed by atoms with Gasteiger partial charge in [0.15, 0.2) is 11.0 Å². The van der Waals surface area contributed by atoms with E-state index in [-0.39, 0.29) is 10.4 Å². The third-order valence-electron chi connectivity index (χ3n) is 3.12. The normalized spacial score (nSPS) is 20.8. The zero-order valence-corrected chi connectivity index (χ0v) is 11.4. The molecule has 0 amide bonds. The van der Waals surface area contributed by atoms with Crippen LogP contribution in [0.5, 0.6) is 0 Å². The molecule has 1 aromatic rings. The van der Waals surface area contributed by atoms with Gasteiger partial charge in [-0.3, -0.25) is 0 Å². The molecule has 1 fully saturated rings. The van der Waals surface area contributed by atoms with Gasteiger partial charge in [-0.15, -0.1) is 10.2 Å². The number of hydrogen-bond donors (Lipinski definition) is 0. The van der Waals surface area contributed by atoms with E-state index in [1.54, 1.807) is 0 Å². The molecule has 17 heavy (non-hydrogen) atoms. The summed E-state index contributed by atoms with van der Waals surface area (Å²) in [6.07, 6.45) is 2.44. The van der Waals surface area contributed by atoms with Gasteiger partial charge in [0.05, 0.1) is 0 Å². The Kier molecular flexibility index (Phi) is 4.01. The lowest BCUT2D eigenvalue weighted by molar-refractivity contribution is 0.314. The summed E-state index contributed by atoms with van der Waals surface area (Å²) in [6, 6.07) is 0.532. The Hall–Kier alpha value is -0.650. The molecule has 1 aliphatic heterocycles. The number of nitrogens with zero attached hydrogens (tertiary/aromatic N) is 5. The molecule has 2 heterocycles. The molecule has 2 rings (SSSR count). The summed E-state index contributed by atoms with van der Waals surface area (Å²) >= 11 is 11.7. The van der Waals surface area contributed by atoms with E-state index in [0.717, 1.165) is 13.1 Å². The number of rotatable bonds is 3. The fourth-order valence-electron chi connectivity index (χ4n) is 2.14. The van der Waals surface area contributed by atoms with Gasteiger partial charge in [-0.1, -0.05) is 11.6 Å². The Morgan fingerprint density at radius 3 is 2.82 bits per heavy atom. The minimum absolute atomic E-state index is 0.121. The minimum Gasteiger partial charge on any atom is -0.355 e. The molecule has 1 unspecified atom stereocenters. The molecule has 1 aromatic heterocycles. The molecule has 7 heteroatoms. The molecule has 94 valence electrons.